The van der Waals surface area contributed by atoms with Crippen LogP contribution in [-0.2, 0) is 14.8 Å². The van der Waals surface area contributed by atoms with Crippen LogP contribution in [0, 0.1) is 0 Å². The van der Waals surface area contributed by atoms with Crippen LogP contribution in [0.4, 0.5) is 5.13 Å². The van der Waals surface area contributed by atoms with Gasteiger partial charge in [0.15, 0.2) is 9.34 Å². The molecule has 1 fully saturated rings. The van der Waals surface area contributed by atoms with Gasteiger partial charge in [0.25, 0.3) is 0 Å². The monoisotopic (exact) mass is 304 g/mol. The van der Waals surface area contributed by atoms with Crippen molar-refractivity contribution in [3.63, 3.8) is 0 Å². The van der Waals surface area contributed by atoms with Crippen LogP contribution in [0.2, 0.25) is 0 Å². The lowest BCUT2D eigenvalue weighted by Gasteiger charge is -2.34. The second kappa shape index (κ2) is 5.43. The van der Waals surface area contributed by atoms with Crippen molar-refractivity contribution in [2.75, 3.05) is 31.1 Å². The van der Waals surface area contributed by atoms with Crippen LogP contribution in [0.1, 0.15) is 13.3 Å². The zero-order valence-electron chi connectivity index (χ0n) is 10.6. The summed E-state index contributed by atoms with van der Waals surface area (Å²) in [5.74, 6) is 0.143. The fourth-order valence-electron chi connectivity index (χ4n) is 1.90. The number of hydrogen-bond acceptors (Lipinski definition) is 6. The fourth-order valence-corrected chi connectivity index (χ4v) is 3.49. The maximum absolute atomic E-state index is 11.5. The lowest BCUT2D eigenvalue weighted by atomic mass is 10.3. The molecule has 0 radical (unpaired) electrons. The van der Waals surface area contributed by atoms with Gasteiger partial charge in [0.2, 0.25) is 15.9 Å². The Morgan fingerprint density at radius 1 is 1.42 bits per heavy atom. The van der Waals surface area contributed by atoms with E-state index in [0.717, 1.165) is 11.3 Å². The molecule has 0 aromatic carbocycles. The van der Waals surface area contributed by atoms with Gasteiger partial charge in [-0.15, -0.1) is 0 Å². The molecule has 2 N–H and O–H groups in total. The Morgan fingerprint density at radius 2 is 2.05 bits per heavy atom. The Hall–Kier alpha value is -1.19. The molecule has 1 aromatic heterocycles. The van der Waals surface area contributed by atoms with Crippen LogP contribution in [-0.4, -0.2) is 50.4 Å². The van der Waals surface area contributed by atoms with Gasteiger partial charge in [-0.25, -0.2) is 18.5 Å². The number of nitrogens with zero attached hydrogens (tertiary/aromatic N) is 3. The summed E-state index contributed by atoms with van der Waals surface area (Å²) in [5.41, 5.74) is 0. The topological polar surface area (TPSA) is 96.6 Å². The van der Waals surface area contributed by atoms with Crippen LogP contribution >= 0.6 is 11.3 Å². The van der Waals surface area contributed by atoms with Gasteiger partial charge in [0.1, 0.15) is 0 Å². The molecule has 0 spiro atoms. The third kappa shape index (κ3) is 3.23. The third-order valence-corrected chi connectivity index (χ3v) is 5.42. The number of rotatable bonds is 3. The van der Waals surface area contributed by atoms with E-state index in [1.807, 2.05) is 16.7 Å². The Labute approximate surface area is 116 Å². The highest BCUT2D eigenvalue weighted by atomic mass is 32.2. The van der Waals surface area contributed by atoms with Gasteiger partial charge in [-0.3, -0.25) is 4.79 Å². The molecule has 9 heteroatoms. The lowest BCUT2D eigenvalue weighted by molar-refractivity contribution is -0.131. The number of anilines is 1. The predicted octanol–water partition coefficient (Wildman–Crippen LogP) is -0.151. The highest BCUT2D eigenvalue weighted by Gasteiger charge is 2.23. The number of aromatic nitrogens is 1. The number of amides is 1. The molecule has 1 aliphatic heterocycles. The van der Waals surface area contributed by atoms with E-state index in [1.54, 1.807) is 0 Å². The van der Waals surface area contributed by atoms with Gasteiger partial charge < -0.3 is 9.80 Å². The summed E-state index contributed by atoms with van der Waals surface area (Å²) < 4.78 is 22.4. The Bertz CT molecular complexity index is 561. The fraction of sp³-hybridized carbons (Fsp3) is 0.600. The first-order chi connectivity index (χ1) is 8.91. The molecule has 0 saturated carbocycles. The van der Waals surface area contributed by atoms with Crippen molar-refractivity contribution in [2.24, 2.45) is 5.14 Å². The molecule has 0 bridgehead atoms. The summed E-state index contributed by atoms with van der Waals surface area (Å²) in [6.07, 6.45) is 1.78. The number of carbonyl (C=O) groups is 1. The number of carbonyl (C=O) groups excluding carboxylic acids is 1. The van der Waals surface area contributed by atoms with Crippen molar-refractivity contribution in [2.45, 2.75) is 17.6 Å². The van der Waals surface area contributed by atoms with Gasteiger partial charge in [-0.2, -0.15) is 0 Å². The first kappa shape index (κ1) is 14.2. The quantitative estimate of drug-likeness (QED) is 0.837. The highest BCUT2D eigenvalue weighted by molar-refractivity contribution is 7.91. The van der Waals surface area contributed by atoms with Gasteiger partial charge in [-0.05, 0) is 0 Å². The smallest absolute Gasteiger partial charge is 0.249 e. The van der Waals surface area contributed by atoms with Crippen molar-refractivity contribution in [1.82, 2.24) is 9.88 Å². The number of hydrogen-bond donors (Lipinski definition) is 1. The molecule has 19 heavy (non-hydrogen) atoms. The minimum atomic E-state index is -3.68. The maximum atomic E-state index is 11.5. The molecule has 1 saturated heterocycles. The van der Waals surface area contributed by atoms with Gasteiger partial charge in [-0.1, -0.05) is 18.3 Å². The number of sulfonamides is 1. The van der Waals surface area contributed by atoms with E-state index in [0.29, 0.717) is 37.7 Å². The summed E-state index contributed by atoms with van der Waals surface area (Å²) in [6, 6.07) is 0. The van der Waals surface area contributed by atoms with Crippen LogP contribution in [0.5, 0.6) is 0 Å². The molecular formula is C10H16N4O3S2. The first-order valence-electron chi connectivity index (χ1n) is 5.93. The second-order valence-electron chi connectivity index (χ2n) is 4.23. The van der Waals surface area contributed by atoms with Gasteiger partial charge in [0, 0.05) is 32.6 Å². The largest absolute Gasteiger partial charge is 0.345 e. The SMILES string of the molecule is CCC(=O)N1CCN(c2ncc(S(N)(=O)=O)s2)CC1. The molecule has 0 aliphatic carbocycles. The summed E-state index contributed by atoms with van der Waals surface area (Å²) >= 11 is 1.06. The molecule has 1 amide bonds. The summed E-state index contributed by atoms with van der Waals surface area (Å²) in [4.78, 5) is 19.4. The zero-order chi connectivity index (χ0) is 14.0. The van der Waals surface area contributed by atoms with Crippen molar-refractivity contribution in [1.29, 1.82) is 0 Å². The lowest BCUT2D eigenvalue weighted by Crippen LogP contribution is -2.48. The number of primary sulfonamides is 1. The van der Waals surface area contributed by atoms with Crippen LogP contribution in [0.15, 0.2) is 10.4 Å². The molecule has 106 valence electrons. The number of piperazine rings is 1. The molecule has 0 atom stereocenters. The van der Waals surface area contributed by atoms with Crippen molar-refractivity contribution < 1.29 is 13.2 Å². The van der Waals surface area contributed by atoms with Crippen LogP contribution in [0.25, 0.3) is 0 Å². The van der Waals surface area contributed by atoms with E-state index in [1.165, 1.54) is 6.20 Å². The zero-order valence-corrected chi connectivity index (χ0v) is 12.2. The van der Waals surface area contributed by atoms with E-state index in [-0.39, 0.29) is 10.1 Å². The van der Waals surface area contributed by atoms with E-state index >= 15 is 0 Å². The minimum absolute atomic E-state index is 0.0644. The van der Waals surface area contributed by atoms with Gasteiger partial charge >= 0.3 is 0 Å². The Kier molecular flexibility index (Phi) is 4.07. The van der Waals surface area contributed by atoms with Crippen molar-refractivity contribution in [3.05, 3.63) is 6.20 Å². The van der Waals surface area contributed by atoms with E-state index < -0.39 is 10.0 Å². The normalized spacial score (nSPS) is 16.7. The summed E-state index contributed by atoms with van der Waals surface area (Å²) in [5, 5.41) is 5.68. The van der Waals surface area contributed by atoms with Crippen LogP contribution < -0.4 is 10.0 Å². The Balaban J connectivity index is 2.02. The Morgan fingerprint density at radius 3 is 2.53 bits per heavy atom. The van der Waals surface area contributed by atoms with Crippen molar-refractivity contribution >= 4 is 32.4 Å². The third-order valence-electron chi connectivity index (χ3n) is 2.96. The molecule has 2 heterocycles. The van der Waals surface area contributed by atoms with Crippen molar-refractivity contribution in [3.8, 4) is 0 Å². The highest BCUT2D eigenvalue weighted by Crippen LogP contribution is 2.26. The standard InChI is InChI=1S/C10H16N4O3S2/c1-2-8(15)13-3-5-14(6-4-13)10-12-7-9(18-10)19(11,16)17/h7H,2-6H2,1H3,(H2,11,16,17). The predicted molar refractivity (Wildman–Crippen MR) is 72.6 cm³/mol. The molecule has 2 rings (SSSR count). The minimum Gasteiger partial charge on any atom is -0.345 e. The van der Waals surface area contributed by atoms with Crippen LogP contribution in [0.3, 0.4) is 0 Å². The molecule has 1 aromatic rings. The maximum Gasteiger partial charge on any atom is 0.249 e. The van der Waals surface area contributed by atoms with Gasteiger partial charge in [0.05, 0.1) is 6.20 Å². The van der Waals surface area contributed by atoms with E-state index in [2.05, 4.69) is 4.98 Å². The molecule has 1 aliphatic rings. The van der Waals surface area contributed by atoms with E-state index in [9.17, 15) is 13.2 Å². The van der Waals surface area contributed by atoms with E-state index in [4.69, 9.17) is 5.14 Å². The summed E-state index contributed by atoms with van der Waals surface area (Å²) in [7, 11) is -3.68. The average Bonchev–Trinajstić information content (AvgIpc) is 2.87. The molecule has 0 unspecified atom stereocenters. The second-order valence-corrected chi connectivity index (χ2v) is 7.03. The summed E-state index contributed by atoms with van der Waals surface area (Å²) in [6.45, 7) is 4.43. The average molecular weight is 304 g/mol. The first-order valence-corrected chi connectivity index (χ1v) is 8.29. The number of thiazole rings is 1. The molecule has 7 nitrogen and oxygen atoms in total. The number of nitrogens with two attached hydrogens (primary N) is 1. The molecular weight excluding hydrogens is 288 g/mol.